The highest BCUT2D eigenvalue weighted by Crippen LogP contribution is 2.61. The van der Waals surface area contributed by atoms with Crippen LogP contribution >= 0.6 is 23.2 Å². The molecule has 3 saturated heterocycles. The molecular formula is C24H21Cl2N3O3. The summed E-state index contributed by atoms with van der Waals surface area (Å²) in [6, 6.07) is 8.50. The van der Waals surface area contributed by atoms with Crippen molar-refractivity contribution in [3.05, 3.63) is 57.1 Å². The number of carbonyl (C=O) groups is 3. The molecule has 164 valence electrons. The molecule has 4 heterocycles. The minimum absolute atomic E-state index is 0.169. The number of carbonyl (C=O) groups excluding carboxylic acids is 3. The number of halogens is 2. The number of fused-ring (bicyclic) bond motifs is 7. The van der Waals surface area contributed by atoms with Crippen molar-refractivity contribution in [3.63, 3.8) is 0 Å². The van der Waals surface area contributed by atoms with Gasteiger partial charge >= 0.3 is 0 Å². The Kier molecular flexibility index (Phi) is 4.15. The number of nitrogens with one attached hydrogen (secondary N) is 1. The molecule has 2 aromatic rings. The monoisotopic (exact) mass is 469 g/mol. The van der Waals surface area contributed by atoms with Crippen LogP contribution in [0.5, 0.6) is 0 Å². The van der Waals surface area contributed by atoms with Crippen LogP contribution in [-0.4, -0.2) is 35.2 Å². The number of hydrogen-bond acceptors (Lipinski definition) is 4. The topological polar surface area (TPSA) is 69.7 Å². The molecule has 6 rings (SSSR count). The second-order valence-corrected chi connectivity index (χ2v) is 10.0. The smallest absolute Gasteiger partial charge is 0.250 e. The van der Waals surface area contributed by atoms with Gasteiger partial charge in [0.1, 0.15) is 5.54 Å². The number of imide groups is 1. The summed E-state index contributed by atoms with van der Waals surface area (Å²) in [5.74, 6) is -2.32. The third kappa shape index (κ3) is 2.23. The molecule has 1 spiro atoms. The average Bonchev–Trinajstić information content (AvgIpc) is 3.46. The molecule has 0 bridgehead atoms. The predicted octanol–water partition coefficient (Wildman–Crippen LogP) is 4.04. The molecule has 4 atom stereocenters. The normalized spacial score (nSPS) is 30.8. The van der Waals surface area contributed by atoms with Crippen molar-refractivity contribution in [3.8, 4) is 0 Å². The van der Waals surface area contributed by atoms with Crippen molar-refractivity contribution >= 4 is 52.3 Å². The minimum Gasteiger partial charge on any atom is -0.324 e. The summed E-state index contributed by atoms with van der Waals surface area (Å²) in [6.07, 6.45) is 1.65. The highest BCUT2D eigenvalue weighted by molar-refractivity contribution is 6.38. The van der Waals surface area contributed by atoms with Crippen LogP contribution in [0.3, 0.4) is 0 Å². The lowest BCUT2D eigenvalue weighted by Crippen LogP contribution is -2.54. The maximum Gasteiger partial charge on any atom is 0.250 e. The van der Waals surface area contributed by atoms with Gasteiger partial charge in [0.2, 0.25) is 17.7 Å². The molecule has 4 aliphatic heterocycles. The molecule has 4 aliphatic rings. The van der Waals surface area contributed by atoms with Crippen LogP contribution in [0.1, 0.15) is 29.5 Å². The summed E-state index contributed by atoms with van der Waals surface area (Å²) >= 11 is 12.5. The van der Waals surface area contributed by atoms with E-state index in [1.165, 1.54) is 6.07 Å². The highest BCUT2D eigenvalue weighted by Gasteiger charge is 2.74. The lowest BCUT2D eigenvalue weighted by atomic mass is 9.75. The van der Waals surface area contributed by atoms with Crippen LogP contribution < -0.4 is 10.2 Å². The summed E-state index contributed by atoms with van der Waals surface area (Å²) in [5, 5.41) is 3.72. The third-order valence-corrected chi connectivity index (χ3v) is 8.40. The van der Waals surface area contributed by atoms with Crippen molar-refractivity contribution in [1.82, 2.24) is 4.90 Å². The molecule has 1 N–H and O–H groups in total. The second kappa shape index (κ2) is 6.56. The molecule has 2 aromatic carbocycles. The fourth-order valence-corrected chi connectivity index (χ4v) is 6.78. The Bertz CT molecular complexity index is 1250. The number of rotatable bonds is 1. The van der Waals surface area contributed by atoms with E-state index >= 15 is 0 Å². The molecule has 32 heavy (non-hydrogen) atoms. The van der Waals surface area contributed by atoms with E-state index in [1.807, 2.05) is 26.0 Å². The quantitative estimate of drug-likeness (QED) is 0.639. The molecule has 0 radical (unpaired) electrons. The zero-order chi connectivity index (χ0) is 22.5. The Hall–Kier alpha value is -2.41. The third-order valence-electron chi connectivity index (χ3n) is 7.85. The van der Waals surface area contributed by atoms with Gasteiger partial charge in [-0.05, 0) is 62.6 Å². The molecule has 6 nitrogen and oxygen atoms in total. The summed E-state index contributed by atoms with van der Waals surface area (Å²) in [4.78, 5) is 44.7. The second-order valence-electron chi connectivity index (χ2n) is 9.16. The number of aryl methyl sites for hydroxylation is 1. The van der Waals surface area contributed by atoms with Crippen LogP contribution in [0.4, 0.5) is 11.4 Å². The first-order valence-corrected chi connectivity index (χ1v) is 11.6. The SMILES string of the molecule is Cc1ccc2c(c1C)NC(=O)[C@@]21[C@@H]2C(=O)N(c3cc(Cl)ccc3Cl)C(=O)[C@@H]2[C@H]2CCCN21. The summed E-state index contributed by atoms with van der Waals surface area (Å²) in [7, 11) is 0. The lowest BCUT2D eigenvalue weighted by molar-refractivity contribution is -0.135. The van der Waals surface area contributed by atoms with E-state index in [0.29, 0.717) is 11.6 Å². The molecule has 3 amide bonds. The molecule has 3 fully saturated rings. The molecule has 0 aliphatic carbocycles. The first kappa shape index (κ1) is 20.2. The van der Waals surface area contributed by atoms with Gasteiger partial charge in [0.15, 0.2) is 0 Å². The molecule has 0 saturated carbocycles. The molecule has 8 heteroatoms. The van der Waals surface area contributed by atoms with Gasteiger partial charge in [0.25, 0.3) is 0 Å². The number of amides is 3. The first-order valence-electron chi connectivity index (χ1n) is 10.8. The Morgan fingerprint density at radius 3 is 2.62 bits per heavy atom. The largest absolute Gasteiger partial charge is 0.324 e. The summed E-state index contributed by atoms with van der Waals surface area (Å²) in [6.45, 7) is 4.65. The van der Waals surface area contributed by atoms with Crippen LogP contribution in [0.25, 0.3) is 0 Å². The van der Waals surface area contributed by atoms with Gasteiger partial charge in [-0.25, -0.2) is 4.90 Å². The predicted molar refractivity (Wildman–Crippen MR) is 122 cm³/mol. The number of benzene rings is 2. The van der Waals surface area contributed by atoms with Gasteiger partial charge in [0.05, 0.1) is 22.5 Å². The van der Waals surface area contributed by atoms with Crippen molar-refractivity contribution in [2.45, 2.75) is 38.3 Å². The zero-order valence-electron chi connectivity index (χ0n) is 17.6. The molecule has 0 aromatic heterocycles. The Morgan fingerprint density at radius 2 is 1.84 bits per heavy atom. The van der Waals surface area contributed by atoms with Crippen LogP contribution in [0.15, 0.2) is 30.3 Å². The Morgan fingerprint density at radius 1 is 1.06 bits per heavy atom. The van der Waals surface area contributed by atoms with Gasteiger partial charge < -0.3 is 5.32 Å². The van der Waals surface area contributed by atoms with Crippen LogP contribution in [0.2, 0.25) is 10.0 Å². The Balaban J connectivity index is 1.58. The fraction of sp³-hybridized carbons (Fsp3) is 0.375. The van der Waals surface area contributed by atoms with Crippen molar-refractivity contribution < 1.29 is 14.4 Å². The zero-order valence-corrected chi connectivity index (χ0v) is 19.1. The van der Waals surface area contributed by atoms with Crippen LogP contribution in [-0.2, 0) is 19.9 Å². The first-order chi connectivity index (χ1) is 15.3. The Labute approximate surface area is 195 Å². The van der Waals surface area contributed by atoms with Gasteiger partial charge in [-0.3, -0.25) is 19.3 Å². The van der Waals surface area contributed by atoms with E-state index in [-0.39, 0.29) is 34.5 Å². The molecular weight excluding hydrogens is 449 g/mol. The number of hydrogen-bond donors (Lipinski definition) is 1. The van der Waals surface area contributed by atoms with E-state index in [2.05, 4.69) is 10.2 Å². The summed E-state index contributed by atoms with van der Waals surface area (Å²) in [5.41, 5.74) is 2.70. The standard InChI is InChI=1S/C24H21Cl2N3O3/c1-11-5-7-14-20(12(11)2)27-23(32)24(14)19-18(16-4-3-9-28(16)24)21(30)29(22(19)31)17-10-13(25)6-8-15(17)26/h5-8,10,16,18-19H,3-4,9H2,1-2H3,(H,27,32)/t16-,18-,19+,24+/m1/s1. The van der Waals surface area contributed by atoms with Gasteiger partial charge in [-0.1, -0.05) is 35.3 Å². The van der Waals surface area contributed by atoms with Crippen molar-refractivity contribution in [2.75, 3.05) is 16.8 Å². The van der Waals surface area contributed by atoms with E-state index < -0.39 is 17.4 Å². The van der Waals surface area contributed by atoms with Gasteiger partial charge in [0, 0.05) is 22.3 Å². The van der Waals surface area contributed by atoms with E-state index in [1.54, 1.807) is 12.1 Å². The average molecular weight is 470 g/mol. The van der Waals surface area contributed by atoms with E-state index in [0.717, 1.165) is 40.1 Å². The minimum atomic E-state index is -1.19. The lowest BCUT2D eigenvalue weighted by Gasteiger charge is -2.36. The van der Waals surface area contributed by atoms with E-state index in [4.69, 9.17) is 23.2 Å². The summed E-state index contributed by atoms with van der Waals surface area (Å²) < 4.78 is 0. The fourth-order valence-electron chi connectivity index (χ4n) is 6.41. The van der Waals surface area contributed by atoms with Gasteiger partial charge in [-0.2, -0.15) is 0 Å². The maximum absolute atomic E-state index is 14.0. The van der Waals surface area contributed by atoms with Crippen molar-refractivity contribution in [1.29, 1.82) is 0 Å². The number of anilines is 2. The highest BCUT2D eigenvalue weighted by atomic mass is 35.5. The maximum atomic E-state index is 14.0. The molecule has 0 unspecified atom stereocenters. The van der Waals surface area contributed by atoms with E-state index in [9.17, 15) is 14.4 Å². The van der Waals surface area contributed by atoms with Gasteiger partial charge in [-0.15, -0.1) is 0 Å². The van der Waals surface area contributed by atoms with Crippen LogP contribution in [0, 0.1) is 25.7 Å². The van der Waals surface area contributed by atoms with Crippen molar-refractivity contribution in [2.24, 2.45) is 11.8 Å². The number of nitrogens with zero attached hydrogens (tertiary/aromatic N) is 2.